The summed E-state index contributed by atoms with van der Waals surface area (Å²) < 4.78 is 5.42. The number of aliphatic imine (C=N–C) groups is 2. The highest BCUT2D eigenvalue weighted by atomic mass is 16.5. The van der Waals surface area contributed by atoms with Crippen molar-refractivity contribution in [1.82, 2.24) is 9.97 Å². The summed E-state index contributed by atoms with van der Waals surface area (Å²) in [6.07, 6.45) is 10.6. The first-order valence-corrected chi connectivity index (χ1v) is 14.8. The molecule has 3 aromatic rings. The zero-order chi connectivity index (χ0) is 30.4. The molecular weight excluding hydrogens is 526 g/mol. The van der Waals surface area contributed by atoms with E-state index in [9.17, 15) is 4.79 Å². The van der Waals surface area contributed by atoms with E-state index in [0.29, 0.717) is 23.5 Å². The number of fused-ring (bicyclic) bond motifs is 5. The van der Waals surface area contributed by atoms with Gasteiger partial charge in [-0.2, -0.15) is 0 Å². The van der Waals surface area contributed by atoms with Crippen molar-refractivity contribution < 1.29 is 14.6 Å². The van der Waals surface area contributed by atoms with Crippen LogP contribution in [0.15, 0.2) is 51.1 Å². The van der Waals surface area contributed by atoms with Crippen LogP contribution in [0.2, 0.25) is 0 Å². The fraction of sp³-hybridized carbons (Fsp3) is 0.382. The van der Waals surface area contributed by atoms with Gasteiger partial charge in [0.1, 0.15) is 5.75 Å². The zero-order valence-corrected chi connectivity index (χ0v) is 25.6. The van der Waals surface area contributed by atoms with E-state index >= 15 is 0 Å². The van der Waals surface area contributed by atoms with Gasteiger partial charge in [-0.15, -0.1) is 0 Å². The van der Waals surface area contributed by atoms with Gasteiger partial charge >= 0.3 is 5.97 Å². The summed E-state index contributed by atoms with van der Waals surface area (Å²) in [6.45, 7) is 12.5. The van der Waals surface area contributed by atoms with Gasteiger partial charge in [-0.1, -0.05) is 27.7 Å². The zero-order valence-electron chi connectivity index (χ0n) is 25.6. The van der Waals surface area contributed by atoms with Crippen LogP contribution in [0, 0.1) is 6.92 Å². The van der Waals surface area contributed by atoms with Crippen molar-refractivity contribution in [3.8, 4) is 5.75 Å². The number of nitrogens with zero attached hydrogens (tertiary/aromatic N) is 2. The molecule has 0 radical (unpaired) electrons. The summed E-state index contributed by atoms with van der Waals surface area (Å²) in [6, 6.07) is 5.22. The Bertz CT molecular complexity index is 1580. The van der Waals surface area contributed by atoms with Gasteiger partial charge in [-0.25, -0.2) is 4.79 Å². The quantitative estimate of drug-likeness (QED) is 0.245. The molecule has 8 nitrogen and oxygen atoms in total. The first-order valence-electron chi connectivity index (χ1n) is 14.8. The number of aromatic amines is 2. The number of allylic oxidation sites excluding steroid dienone is 4. The summed E-state index contributed by atoms with van der Waals surface area (Å²) in [5, 5.41) is 9.05. The van der Waals surface area contributed by atoms with Gasteiger partial charge in [-0.05, 0) is 91.1 Å². The number of ether oxygens (including phenoxy) is 1. The van der Waals surface area contributed by atoms with Crippen molar-refractivity contribution in [2.24, 2.45) is 15.7 Å². The van der Waals surface area contributed by atoms with Crippen LogP contribution in [0.25, 0.3) is 0 Å². The molecule has 1 aromatic carbocycles. The highest BCUT2D eigenvalue weighted by Gasteiger charge is 2.20. The fourth-order valence-electron chi connectivity index (χ4n) is 5.98. The largest absolute Gasteiger partial charge is 0.482 e. The highest BCUT2D eigenvalue weighted by Crippen LogP contribution is 2.33. The van der Waals surface area contributed by atoms with E-state index in [2.05, 4.69) is 51.5 Å². The third-order valence-corrected chi connectivity index (χ3v) is 8.08. The molecule has 2 aromatic heterocycles. The van der Waals surface area contributed by atoms with Crippen molar-refractivity contribution in [2.75, 3.05) is 6.61 Å². The molecule has 0 unspecified atom stereocenters. The Morgan fingerprint density at radius 1 is 0.905 bits per heavy atom. The number of hydrogen-bond acceptors (Lipinski definition) is 5. The van der Waals surface area contributed by atoms with E-state index in [4.69, 9.17) is 25.6 Å². The minimum atomic E-state index is -1.04. The molecule has 222 valence electrons. The standard InChI is InChI=1S/C34H43N5O3/c1-7-23-20(5)13-14-36-32-15-22(42-19-34(40)41)11-12-28(32)37-18-33-21(6)24(8-2)30(39-33)17-31-26(10-4)25(9-3)29(38-31)16-27(23)35/h11-15,18,38-39H,7-10,16-17,19,35H2,1-6H3,(H,40,41). The van der Waals surface area contributed by atoms with Crippen molar-refractivity contribution in [1.29, 1.82) is 0 Å². The van der Waals surface area contributed by atoms with Crippen LogP contribution in [0.4, 0.5) is 11.4 Å². The van der Waals surface area contributed by atoms with Gasteiger partial charge in [0.15, 0.2) is 6.61 Å². The maximum Gasteiger partial charge on any atom is 0.341 e. The number of nitrogens with one attached hydrogen (secondary N) is 2. The summed E-state index contributed by atoms with van der Waals surface area (Å²) in [5.41, 5.74) is 20.8. The third kappa shape index (κ3) is 6.59. The van der Waals surface area contributed by atoms with Crippen LogP contribution in [0.5, 0.6) is 5.75 Å². The van der Waals surface area contributed by atoms with Crippen molar-refractivity contribution in [3.05, 3.63) is 86.1 Å². The average Bonchev–Trinajstić information content (AvgIpc) is 3.45. The summed E-state index contributed by atoms with van der Waals surface area (Å²) >= 11 is 0. The molecule has 4 bridgehead atoms. The van der Waals surface area contributed by atoms with E-state index in [1.807, 2.05) is 12.3 Å². The van der Waals surface area contributed by atoms with Crippen LogP contribution in [0.3, 0.4) is 0 Å². The SMILES string of the molecule is CCC1=C(N)Cc2[nH]c(c(CC)c2CC)Cc2[nH]c(c(C)c2CC)C=Nc2ccc(OCC(=O)O)cc2N=CC=C1C. The van der Waals surface area contributed by atoms with E-state index in [0.717, 1.165) is 54.6 Å². The number of rotatable bonds is 7. The van der Waals surface area contributed by atoms with E-state index in [1.54, 1.807) is 24.4 Å². The summed E-state index contributed by atoms with van der Waals surface area (Å²) in [7, 11) is 0. The smallest absolute Gasteiger partial charge is 0.341 e. The molecule has 0 amide bonds. The second kappa shape index (κ2) is 13.6. The number of aliphatic carboxylic acids is 1. The Morgan fingerprint density at radius 2 is 1.57 bits per heavy atom. The van der Waals surface area contributed by atoms with Crippen LogP contribution < -0.4 is 10.5 Å². The minimum absolute atomic E-state index is 0.416. The number of carbonyl (C=O) groups is 1. The predicted molar refractivity (Wildman–Crippen MR) is 171 cm³/mol. The molecule has 4 rings (SSSR count). The summed E-state index contributed by atoms with van der Waals surface area (Å²) in [5.74, 6) is -0.623. The Kier molecular flexibility index (Phi) is 9.88. The van der Waals surface area contributed by atoms with E-state index in [-0.39, 0.29) is 0 Å². The molecule has 0 aliphatic carbocycles. The number of carboxylic acids is 1. The first kappa shape index (κ1) is 30.6. The molecule has 0 spiro atoms. The maximum absolute atomic E-state index is 11.0. The lowest BCUT2D eigenvalue weighted by Crippen LogP contribution is -2.09. The van der Waals surface area contributed by atoms with Gasteiger partial charge in [0, 0.05) is 47.9 Å². The summed E-state index contributed by atoms with van der Waals surface area (Å²) in [4.78, 5) is 28.0. The van der Waals surface area contributed by atoms with Gasteiger partial charge in [0.05, 0.1) is 23.3 Å². The van der Waals surface area contributed by atoms with Gasteiger partial charge in [-0.3, -0.25) is 9.98 Å². The second-order valence-electron chi connectivity index (χ2n) is 10.7. The Labute approximate surface area is 248 Å². The number of nitrogens with two attached hydrogens (primary N) is 1. The molecule has 0 saturated carbocycles. The topological polar surface area (TPSA) is 129 Å². The molecule has 1 aliphatic rings. The molecule has 8 heteroatoms. The van der Waals surface area contributed by atoms with Crippen LogP contribution >= 0.6 is 0 Å². The number of H-pyrrole nitrogens is 2. The molecule has 42 heavy (non-hydrogen) atoms. The maximum atomic E-state index is 11.0. The number of aromatic nitrogens is 2. The predicted octanol–water partition coefficient (Wildman–Crippen LogP) is 6.97. The third-order valence-electron chi connectivity index (χ3n) is 8.08. The molecule has 3 heterocycles. The Hall–Kier alpha value is -4.33. The molecule has 5 N–H and O–H groups in total. The van der Waals surface area contributed by atoms with Crippen molar-refractivity contribution in [2.45, 2.75) is 80.1 Å². The number of carboxylic acid groups (broad SMARTS) is 1. The molecule has 0 atom stereocenters. The second-order valence-corrected chi connectivity index (χ2v) is 10.7. The van der Waals surface area contributed by atoms with E-state index in [1.165, 1.54) is 39.3 Å². The van der Waals surface area contributed by atoms with E-state index < -0.39 is 12.6 Å². The molecule has 1 aliphatic heterocycles. The van der Waals surface area contributed by atoms with Gasteiger partial charge in [0.2, 0.25) is 0 Å². The normalized spacial score (nSPS) is 13.9. The monoisotopic (exact) mass is 569 g/mol. The Balaban J connectivity index is 1.90. The van der Waals surface area contributed by atoms with Crippen LogP contribution in [-0.4, -0.2) is 40.1 Å². The lowest BCUT2D eigenvalue weighted by Gasteiger charge is -2.12. The lowest BCUT2D eigenvalue weighted by molar-refractivity contribution is -0.139. The molecule has 0 fully saturated rings. The van der Waals surface area contributed by atoms with Crippen LogP contribution in [0.1, 0.15) is 86.1 Å². The number of benzene rings is 1. The first-order chi connectivity index (χ1) is 20.2. The van der Waals surface area contributed by atoms with Crippen molar-refractivity contribution in [3.63, 3.8) is 0 Å². The molecular formula is C34H43N5O3. The number of hydrogen-bond donors (Lipinski definition) is 4. The van der Waals surface area contributed by atoms with Gasteiger partial charge in [0.25, 0.3) is 0 Å². The minimum Gasteiger partial charge on any atom is -0.482 e. The fourth-order valence-corrected chi connectivity index (χ4v) is 5.98. The lowest BCUT2D eigenvalue weighted by atomic mass is 9.96. The highest BCUT2D eigenvalue weighted by molar-refractivity contribution is 5.86. The van der Waals surface area contributed by atoms with Crippen LogP contribution in [-0.2, 0) is 36.9 Å². The average molecular weight is 570 g/mol. The molecule has 0 saturated heterocycles. The van der Waals surface area contributed by atoms with Crippen molar-refractivity contribution >= 4 is 29.8 Å². The Morgan fingerprint density at radius 3 is 2.21 bits per heavy atom. The van der Waals surface area contributed by atoms with Gasteiger partial charge < -0.3 is 25.5 Å².